The number of amides is 1. The molecule has 0 aliphatic rings. The first kappa shape index (κ1) is 23.5. The molecule has 1 amide bonds. The van der Waals surface area contributed by atoms with E-state index in [0.29, 0.717) is 23.7 Å². The number of fused-ring (bicyclic) bond motifs is 1. The van der Waals surface area contributed by atoms with E-state index in [2.05, 4.69) is 15.9 Å². The molecule has 170 valence electrons. The summed E-state index contributed by atoms with van der Waals surface area (Å²) in [6, 6.07) is 23.8. The van der Waals surface area contributed by atoms with E-state index in [1.165, 1.54) is 15.6 Å². The van der Waals surface area contributed by atoms with E-state index in [9.17, 15) is 13.2 Å². The molecule has 0 fully saturated rings. The molecule has 4 aromatic rings. The van der Waals surface area contributed by atoms with Crippen molar-refractivity contribution in [3.63, 3.8) is 0 Å². The van der Waals surface area contributed by atoms with Gasteiger partial charge in [0.15, 0.2) is 0 Å². The monoisotopic (exact) mass is 542 g/mol. The summed E-state index contributed by atoms with van der Waals surface area (Å²) in [5.41, 5.74) is 1.64. The summed E-state index contributed by atoms with van der Waals surface area (Å²) in [4.78, 5) is 15.5. The summed E-state index contributed by atoms with van der Waals surface area (Å²) in [5, 5.41) is 0.846. The molecule has 0 aliphatic heterocycles. The lowest BCUT2D eigenvalue weighted by molar-refractivity contribution is 0.0790. The van der Waals surface area contributed by atoms with Crippen molar-refractivity contribution in [2.45, 2.75) is 18.4 Å². The van der Waals surface area contributed by atoms with Gasteiger partial charge in [-0.25, -0.2) is 8.42 Å². The third kappa shape index (κ3) is 4.98. The van der Waals surface area contributed by atoms with Crippen LogP contribution in [0.1, 0.15) is 22.2 Å². The number of rotatable bonds is 7. The second-order valence-electron chi connectivity index (χ2n) is 7.60. The third-order valence-electron chi connectivity index (χ3n) is 5.30. The molecule has 0 saturated heterocycles. The maximum Gasteiger partial charge on any atom is 0.264 e. The molecule has 0 radical (unpaired) electrons. The topological polar surface area (TPSA) is 57.7 Å². The first-order valence-corrected chi connectivity index (χ1v) is 13.5. The second kappa shape index (κ2) is 9.67. The fourth-order valence-corrected chi connectivity index (χ4v) is 6.40. The Morgan fingerprint density at radius 3 is 2.33 bits per heavy atom. The molecule has 0 bridgehead atoms. The van der Waals surface area contributed by atoms with Gasteiger partial charge in [-0.3, -0.25) is 9.10 Å². The molecular weight excluding hydrogens is 520 g/mol. The summed E-state index contributed by atoms with van der Waals surface area (Å²) in [6.45, 7) is 2.62. The van der Waals surface area contributed by atoms with E-state index in [0.717, 1.165) is 20.1 Å². The van der Waals surface area contributed by atoms with E-state index in [1.54, 1.807) is 42.3 Å². The normalized spacial score (nSPS) is 11.5. The standard InChI is InChI=1S/C25H23BrN2O3S2/c1-3-28(33(30,31)22-12-9-20(26)10-13-22)21-11-14-23-19(15-21)16-24(32-23)25(29)27(2)17-18-7-5-4-6-8-18/h4-16H,3,17H2,1-2H3. The number of benzene rings is 3. The molecule has 0 saturated carbocycles. The van der Waals surface area contributed by atoms with Crippen molar-refractivity contribution in [1.82, 2.24) is 4.90 Å². The number of carbonyl (C=O) groups excluding carboxylic acids is 1. The van der Waals surface area contributed by atoms with Crippen molar-refractivity contribution < 1.29 is 13.2 Å². The van der Waals surface area contributed by atoms with Crippen LogP contribution in [0.15, 0.2) is 88.2 Å². The second-order valence-corrected chi connectivity index (χ2v) is 11.5. The number of anilines is 1. The Bertz CT molecular complexity index is 1380. The number of hydrogen-bond donors (Lipinski definition) is 0. The Morgan fingerprint density at radius 2 is 1.67 bits per heavy atom. The van der Waals surface area contributed by atoms with Crippen LogP contribution in [-0.2, 0) is 16.6 Å². The van der Waals surface area contributed by atoms with Gasteiger partial charge in [0.1, 0.15) is 0 Å². The molecule has 5 nitrogen and oxygen atoms in total. The van der Waals surface area contributed by atoms with Crippen molar-refractivity contribution >= 4 is 59.0 Å². The quantitative estimate of drug-likeness (QED) is 0.281. The first-order chi connectivity index (χ1) is 15.8. The minimum Gasteiger partial charge on any atom is -0.337 e. The highest BCUT2D eigenvalue weighted by Crippen LogP contribution is 2.32. The van der Waals surface area contributed by atoms with Crippen molar-refractivity contribution in [2.24, 2.45) is 0 Å². The largest absolute Gasteiger partial charge is 0.337 e. The Balaban J connectivity index is 1.61. The van der Waals surface area contributed by atoms with Crippen LogP contribution in [0.2, 0.25) is 0 Å². The summed E-state index contributed by atoms with van der Waals surface area (Å²) < 4.78 is 29.6. The van der Waals surface area contributed by atoms with Gasteiger partial charge >= 0.3 is 0 Å². The molecule has 0 unspecified atom stereocenters. The minimum atomic E-state index is -3.71. The van der Waals surface area contributed by atoms with Crippen LogP contribution in [-0.4, -0.2) is 32.8 Å². The van der Waals surface area contributed by atoms with Crippen LogP contribution in [0.3, 0.4) is 0 Å². The maximum atomic E-state index is 13.2. The fraction of sp³-hybridized carbons (Fsp3) is 0.160. The third-order valence-corrected chi connectivity index (χ3v) is 8.85. The zero-order valence-corrected chi connectivity index (χ0v) is 21.5. The van der Waals surface area contributed by atoms with Crippen LogP contribution >= 0.6 is 27.3 Å². The van der Waals surface area contributed by atoms with E-state index in [-0.39, 0.29) is 10.8 Å². The fourth-order valence-electron chi connectivity index (χ4n) is 3.63. The van der Waals surface area contributed by atoms with E-state index in [4.69, 9.17) is 0 Å². The van der Waals surface area contributed by atoms with Crippen LogP contribution in [0, 0.1) is 0 Å². The van der Waals surface area contributed by atoms with Gasteiger partial charge in [-0.05, 0) is 66.4 Å². The molecule has 0 N–H and O–H groups in total. The van der Waals surface area contributed by atoms with E-state index < -0.39 is 10.0 Å². The van der Waals surface area contributed by atoms with Gasteiger partial charge in [0.2, 0.25) is 0 Å². The number of nitrogens with zero attached hydrogens (tertiary/aromatic N) is 2. The molecule has 1 aromatic heterocycles. The van der Waals surface area contributed by atoms with Gasteiger partial charge in [-0.15, -0.1) is 11.3 Å². The predicted octanol–water partition coefficient (Wildman–Crippen LogP) is 6.15. The van der Waals surface area contributed by atoms with Crippen molar-refractivity contribution in [2.75, 3.05) is 17.9 Å². The zero-order valence-electron chi connectivity index (χ0n) is 18.2. The maximum absolute atomic E-state index is 13.2. The summed E-state index contributed by atoms with van der Waals surface area (Å²) in [7, 11) is -1.92. The first-order valence-electron chi connectivity index (χ1n) is 10.4. The molecule has 0 atom stereocenters. The SMILES string of the molecule is CCN(c1ccc2sc(C(=O)N(C)Cc3ccccc3)cc2c1)S(=O)(=O)c1ccc(Br)cc1. The van der Waals surface area contributed by atoms with Gasteiger partial charge in [-0.2, -0.15) is 0 Å². The lowest BCUT2D eigenvalue weighted by Crippen LogP contribution is -2.30. The van der Waals surface area contributed by atoms with Gasteiger partial charge in [0.25, 0.3) is 15.9 Å². The number of carbonyl (C=O) groups is 1. The highest BCUT2D eigenvalue weighted by atomic mass is 79.9. The smallest absolute Gasteiger partial charge is 0.264 e. The molecule has 1 heterocycles. The van der Waals surface area contributed by atoms with Gasteiger partial charge in [0, 0.05) is 29.3 Å². The average molecular weight is 544 g/mol. The van der Waals surface area contributed by atoms with Crippen LogP contribution in [0.25, 0.3) is 10.1 Å². The van der Waals surface area contributed by atoms with Gasteiger partial charge in [-0.1, -0.05) is 46.3 Å². The summed E-state index contributed by atoms with van der Waals surface area (Å²) >= 11 is 4.76. The Labute approximate surface area is 206 Å². The lowest BCUT2D eigenvalue weighted by Gasteiger charge is -2.23. The molecule has 3 aromatic carbocycles. The highest BCUT2D eigenvalue weighted by molar-refractivity contribution is 9.10. The van der Waals surface area contributed by atoms with Crippen LogP contribution in [0.5, 0.6) is 0 Å². The van der Waals surface area contributed by atoms with E-state index in [1.807, 2.05) is 55.5 Å². The molecule has 33 heavy (non-hydrogen) atoms. The summed E-state index contributed by atoms with van der Waals surface area (Å²) in [6.07, 6.45) is 0. The number of thiophene rings is 1. The van der Waals surface area contributed by atoms with Gasteiger partial charge in [0.05, 0.1) is 15.5 Å². The Morgan fingerprint density at radius 1 is 0.970 bits per heavy atom. The Kier molecular flexibility index (Phi) is 6.88. The highest BCUT2D eigenvalue weighted by Gasteiger charge is 2.24. The number of hydrogen-bond acceptors (Lipinski definition) is 4. The minimum absolute atomic E-state index is 0.0589. The average Bonchev–Trinajstić information content (AvgIpc) is 3.23. The predicted molar refractivity (Wildman–Crippen MR) is 138 cm³/mol. The molecule has 0 aliphatic carbocycles. The van der Waals surface area contributed by atoms with E-state index >= 15 is 0 Å². The molecular formula is C25H23BrN2O3S2. The Hall–Kier alpha value is -2.68. The molecule has 4 rings (SSSR count). The molecule has 0 spiro atoms. The van der Waals surface area contributed by atoms with Crippen LogP contribution < -0.4 is 4.31 Å². The molecule has 8 heteroatoms. The van der Waals surface area contributed by atoms with Crippen LogP contribution in [0.4, 0.5) is 5.69 Å². The number of halogens is 1. The lowest BCUT2D eigenvalue weighted by atomic mass is 10.2. The van der Waals surface area contributed by atoms with Crippen molar-refractivity contribution in [1.29, 1.82) is 0 Å². The zero-order chi connectivity index (χ0) is 23.6. The number of sulfonamides is 1. The summed E-state index contributed by atoms with van der Waals surface area (Å²) in [5.74, 6) is -0.0589. The van der Waals surface area contributed by atoms with Gasteiger partial charge < -0.3 is 4.90 Å². The van der Waals surface area contributed by atoms with Crippen molar-refractivity contribution in [3.05, 3.63) is 93.8 Å². The van der Waals surface area contributed by atoms with Crippen molar-refractivity contribution in [3.8, 4) is 0 Å².